The van der Waals surface area contributed by atoms with Crippen LogP contribution < -0.4 is 0 Å². The molecule has 6 heteroatoms. The lowest BCUT2D eigenvalue weighted by atomic mass is 10.1. The molecule has 1 N–H and O–H groups in total. The number of rotatable bonds is 7. The molecule has 21 heavy (non-hydrogen) atoms. The number of hydrogen-bond donors (Lipinski definition) is 1. The minimum Gasteiger partial charge on any atom is -0.389 e. The second-order valence-electron chi connectivity index (χ2n) is 5.57. The van der Waals surface area contributed by atoms with Crippen molar-refractivity contribution >= 4 is 10.0 Å². The molecule has 0 aliphatic carbocycles. The molecule has 0 radical (unpaired) electrons. The molecule has 1 rings (SSSR count). The van der Waals surface area contributed by atoms with Gasteiger partial charge in [-0.3, -0.25) is 0 Å². The molecule has 0 amide bonds. The van der Waals surface area contributed by atoms with Gasteiger partial charge < -0.3 is 10.0 Å². The van der Waals surface area contributed by atoms with Gasteiger partial charge in [-0.25, -0.2) is 8.42 Å². The van der Waals surface area contributed by atoms with Gasteiger partial charge in [-0.2, -0.15) is 4.31 Å². The molecule has 0 bridgehead atoms. The molecule has 120 valence electrons. The Bertz CT molecular complexity index is 556. The average molecular weight is 314 g/mol. The largest absolute Gasteiger partial charge is 0.389 e. The Kier molecular flexibility index (Phi) is 6.34. The maximum absolute atomic E-state index is 12.8. The van der Waals surface area contributed by atoms with Gasteiger partial charge in [0.2, 0.25) is 10.0 Å². The van der Waals surface area contributed by atoms with Crippen molar-refractivity contribution in [1.82, 2.24) is 9.21 Å². The van der Waals surface area contributed by atoms with Gasteiger partial charge in [-0.15, -0.1) is 0 Å². The first-order valence-electron chi connectivity index (χ1n) is 7.14. The lowest BCUT2D eigenvalue weighted by molar-refractivity contribution is 0.199. The van der Waals surface area contributed by atoms with Gasteiger partial charge >= 0.3 is 0 Å². The molecule has 1 aromatic rings. The predicted octanol–water partition coefficient (Wildman–Crippen LogP) is 1.70. The number of aliphatic hydroxyl groups excluding tert-OH is 1. The van der Waals surface area contributed by atoms with Crippen molar-refractivity contribution in [1.29, 1.82) is 0 Å². The fourth-order valence-electron chi connectivity index (χ4n) is 2.41. The van der Waals surface area contributed by atoms with Crippen LogP contribution in [-0.2, 0) is 10.0 Å². The zero-order chi connectivity index (χ0) is 16.2. The first kappa shape index (κ1) is 18.1. The quantitative estimate of drug-likeness (QED) is 0.832. The van der Waals surface area contributed by atoms with Gasteiger partial charge in [-0.05, 0) is 45.6 Å². The molecule has 0 aromatic heterocycles. The van der Waals surface area contributed by atoms with E-state index in [2.05, 4.69) is 0 Å². The summed E-state index contributed by atoms with van der Waals surface area (Å²) in [6.07, 6.45) is -0.686. The van der Waals surface area contributed by atoms with Crippen LogP contribution >= 0.6 is 0 Å². The number of aliphatic hydroxyl groups is 1. The molecule has 0 saturated carbocycles. The summed E-state index contributed by atoms with van der Waals surface area (Å²) >= 11 is 0. The van der Waals surface area contributed by atoms with Crippen LogP contribution in [0.1, 0.15) is 32.4 Å². The van der Waals surface area contributed by atoms with E-state index >= 15 is 0 Å². The van der Waals surface area contributed by atoms with Crippen LogP contribution in [0.3, 0.4) is 0 Å². The topological polar surface area (TPSA) is 60.9 Å². The minimum atomic E-state index is -3.56. The highest BCUT2D eigenvalue weighted by Gasteiger charge is 2.28. The van der Waals surface area contributed by atoms with E-state index in [4.69, 9.17) is 0 Å². The Morgan fingerprint density at radius 3 is 2.33 bits per heavy atom. The maximum Gasteiger partial charge on any atom is 0.243 e. The van der Waals surface area contributed by atoms with Crippen molar-refractivity contribution in [2.75, 3.05) is 27.2 Å². The first-order chi connectivity index (χ1) is 9.70. The third-order valence-electron chi connectivity index (χ3n) is 3.38. The Balaban J connectivity index is 3.15. The van der Waals surface area contributed by atoms with Crippen molar-refractivity contribution in [2.24, 2.45) is 0 Å². The molecular weight excluding hydrogens is 288 g/mol. The lowest BCUT2D eigenvalue weighted by Crippen LogP contribution is -2.43. The van der Waals surface area contributed by atoms with Crippen molar-refractivity contribution in [3.63, 3.8) is 0 Å². The second-order valence-corrected chi connectivity index (χ2v) is 7.46. The Morgan fingerprint density at radius 2 is 1.86 bits per heavy atom. The SMILES string of the molecule is CCN(C(C)CN(C)C)S(=O)(=O)c1cccc(C(C)O)c1. The molecule has 0 aliphatic rings. The van der Waals surface area contributed by atoms with Crippen LogP contribution in [0.5, 0.6) is 0 Å². The van der Waals surface area contributed by atoms with Crippen molar-refractivity contribution in [2.45, 2.75) is 37.8 Å². The van der Waals surface area contributed by atoms with Gasteiger partial charge in [0.15, 0.2) is 0 Å². The van der Waals surface area contributed by atoms with Gasteiger partial charge in [-0.1, -0.05) is 19.1 Å². The van der Waals surface area contributed by atoms with Crippen LogP contribution in [0.25, 0.3) is 0 Å². The number of hydrogen-bond acceptors (Lipinski definition) is 4. The zero-order valence-corrected chi connectivity index (χ0v) is 14.3. The highest BCUT2D eigenvalue weighted by Crippen LogP contribution is 2.22. The molecule has 0 fully saturated rings. The summed E-state index contributed by atoms with van der Waals surface area (Å²) in [6, 6.07) is 6.39. The fraction of sp³-hybridized carbons (Fsp3) is 0.600. The van der Waals surface area contributed by atoms with E-state index in [1.165, 1.54) is 4.31 Å². The number of nitrogens with zero attached hydrogens (tertiary/aromatic N) is 2. The fourth-order valence-corrected chi connectivity index (χ4v) is 4.10. The summed E-state index contributed by atoms with van der Waals surface area (Å²) in [5.74, 6) is 0. The lowest BCUT2D eigenvalue weighted by Gasteiger charge is -2.29. The van der Waals surface area contributed by atoms with Crippen molar-refractivity contribution < 1.29 is 13.5 Å². The van der Waals surface area contributed by atoms with Gasteiger partial charge in [0.05, 0.1) is 11.0 Å². The van der Waals surface area contributed by atoms with Crippen molar-refractivity contribution in [3.8, 4) is 0 Å². The summed E-state index contributed by atoms with van der Waals surface area (Å²) in [4.78, 5) is 2.20. The normalized spacial score (nSPS) is 15.4. The van der Waals surface area contributed by atoms with Crippen LogP contribution in [0.4, 0.5) is 0 Å². The summed E-state index contributed by atoms with van der Waals surface area (Å²) in [5.41, 5.74) is 0.604. The van der Waals surface area contributed by atoms with Gasteiger partial charge in [0, 0.05) is 19.1 Å². The van der Waals surface area contributed by atoms with Crippen LogP contribution in [0.15, 0.2) is 29.2 Å². The second kappa shape index (κ2) is 7.35. The Hall–Kier alpha value is -0.950. The highest BCUT2D eigenvalue weighted by atomic mass is 32.2. The van der Waals surface area contributed by atoms with E-state index < -0.39 is 16.1 Å². The number of benzene rings is 1. The molecule has 0 heterocycles. The standard InChI is InChI=1S/C15H26N2O3S/c1-6-17(12(2)11-16(4)5)21(19,20)15-9-7-8-14(10-15)13(3)18/h7-10,12-13,18H,6,11H2,1-5H3. The van der Waals surface area contributed by atoms with Crippen molar-refractivity contribution in [3.05, 3.63) is 29.8 Å². The average Bonchev–Trinajstić information content (AvgIpc) is 2.38. The van der Waals surface area contributed by atoms with E-state index in [0.29, 0.717) is 18.7 Å². The summed E-state index contributed by atoms with van der Waals surface area (Å²) in [7, 11) is 0.287. The third-order valence-corrected chi connectivity index (χ3v) is 5.46. The number of sulfonamides is 1. The number of likely N-dealkylation sites (N-methyl/N-ethyl adjacent to an activating group) is 2. The molecule has 2 atom stereocenters. The van der Waals surface area contributed by atoms with Crippen LogP contribution in [0, 0.1) is 0 Å². The zero-order valence-electron chi connectivity index (χ0n) is 13.4. The monoisotopic (exact) mass is 314 g/mol. The van der Waals surface area contributed by atoms with Gasteiger partial charge in [0.25, 0.3) is 0 Å². The third kappa shape index (κ3) is 4.51. The minimum absolute atomic E-state index is 0.120. The Labute approximate surface area is 128 Å². The van der Waals surface area contributed by atoms with Gasteiger partial charge in [0.1, 0.15) is 0 Å². The summed E-state index contributed by atoms with van der Waals surface area (Å²) < 4.78 is 27.1. The molecule has 0 spiro atoms. The van der Waals surface area contributed by atoms with E-state index in [-0.39, 0.29) is 10.9 Å². The maximum atomic E-state index is 12.8. The molecule has 0 saturated heterocycles. The van der Waals surface area contributed by atoms with Crippen LogP contribution in [0.2, 0.25) is 0 Å². The summed E-state index contributed by atoms with van der Waals surface area (Å²) in [5, 5.41) is 9.62. The smallest absolute Gasteiger partial charge is 0.243 e. The predicted molar refractivity (Wildman–Crippen MR) is 84.7 cm³/mol. The molecular formula is C15H26N2O3S. The molecule has 0 aliphatic heterocycles. The first-order valence-corrected chi connectivity index (χ1v) is 8.58. The highest BCUT2D eigenvalue weighted by molar-refractivity contribution is 7.89. The molecule has 1 aromatic carbocycles. The van der Waals surface area contributed by atoms with E-state index in [1.807, 2.05) is 32.8 Å². The van der Waals surface area contributed by atoms with Crippen LogP contribution in [-0.4, -0.2) is 56.0 Å². The van der Waals surface area contributed by atoms with E-state index in [0.717, 1.165) is 0 Å². The van der Waals surface area contributed by atoms with E-state index in [9.17, 15) is 13.5 Å². The van der Waals surface area contributed by atoms with E-state index in [1.54, 1.807) is 31.2 Å². The Morgan fingerprint density at radius 1 is 1.24 bits per heavy atom. The molecule has 2 unspecified atom stereocenters. The molecule has 5 nitrogen and oxygen atoms in total. The summed E-state index contributed by atoms with van der Waals surface area (Å²) in [6.45, 7) is 6.43.